The number of hydrogen-bond acceptors (Lipinski definition) is 3. The number of carbonyl (C=O) groups is 1. The van der Waals surface area contributed by atoms with E-state index in [1.807, 2.05) is 12.1 Å². The number of Topliss-reactive ketones (excluding diaryl/α,β-unsaturated/α-hetero) is 1. The Bertz CT molecular complexity index is 2650. The minimum Gasteiger partial charge on any atom is -0.289 e. The van der Waals surface area contributed by atoms with Crippen molar-refractivity contribution >= 4 is 43.7 Å². The van der Waals surface area contributed by atoms with Gasteiger partial charge in [-0.05, 0) is 24.3 Å². The largest absolute Gasteiger partial charge is 0.289 e. The molecule has 6 aromatic carbocycles. The van der Waals surface area contributed by atoms with E-state index in [9.17, 15) is 61.7 Å². The molecular weight excluding hydrogens is 949 g/mol. The topological polar surface area (TPSA) is 57.9 Å². The lowest BCUT2D eigenvalue weighted by Gasteiger charge is -2.44. The molecule has 65 heavy (non-hydrogen) atoms. The van der Waals surface area contributed by atoms with Gasteiger partial charge in [0.15, 0.2) is 80.5 Å². The van der Waals surface area contributed by atoms with E-state index < -0.39 is 154 Å². The van der Waals surface area contributed by atoms with Gasteiger partial charge >= 0.3 is 0 Å². The summed E-state index contributed by atoms with van der Waals surface area (Å²) < 4.78 is 307. The van der Waals surface area contributed by atoms with E-state index in [0.29, 0.717) is 16.0 Å². The van der Waals surface area contributed by atoms with Crippen LogP contribution in [-0.2, 0) is 14.1 Å². The third-order valence-electron chi connectivity index (χ3n) is 9.69. The van der Waals surface area contributed by atoms with E-state index in [0.717, 1.165) is 0 Å². The molecule has 0 bridgehead atoms. The molecule has 0 saturated heterocycles. The summed E-state index contributed by atoms with van der Waals surface area (Å²) in [6, 6.07) is 17.4. The lowest BCUT2D eigenvalue weighted by atomic mass is 9.12. The lowest BCUT2D eigenvalue weighted by molar-refractivity contribution is 0.102. The SMILES string of the molecule is C[S+](=O)(CC(=O)c1ccccc1)c1ccc(C#N)cc1.Fc1c(F)c(F)c([B-](c2c(F)c(F)c(F)c(F)c2F)(c2c(F)c(F)c(F)c(F)c2F)c2c(F)c(F)c(F)c(F)c2F)c(F)c1F. The van der Waals surface area contributed by atoms with Crippen molar-refractivity contribution in [2.24, 2.45) is 0 Å². The first-order chi connectivity index (χ1) is 30.2. The fourth-order valence-electron chi connectivity index (χ4n) is 6.73. The van der Waals surface area contributed by atoms with E-state index in [2.05, 4.69) is 0 Å². The Balaban J connectivity index is 0.000000330. The van der Waals surface area contributed by atoms with Crippen LogP contribution in [0.3, 0.4) is 0 Å². The Morgan fingerprint density at radius 2 is 0.677 bits per heavy atom. The van der Waals surface area contributed by atoms with Crippen molar-refractivity contribution in [2.75, 3.05) is 12.0 Å². The Hall–Kier alpha value is -6.71. The lowest BCUT2D eigenvalue weighted by Crippen LogP contribution is -2.81. The van der Waals surface area contributed by atoms with Crippen molar-refractivity contribution < 1.29 is 96.8 Å². The van der Waals surface area contributed by atoms with Crippen LogP contribution in [0.15, 0.2) is 59.5 Å². The van der Waals surface area contributed by atoms with Crippen LogP contribution in [-0.4, -0.2) is 23.9 Å². The Morgan fingerprint density at radius 3 is 0.923 bits per heavy atom. The number of hydrogen-bond donors (Lipinski definition) is 0. The van der Waals surface area contributed by atoms with Gasteiger partial charge in [-0.2, -0.15) is 5.26 Å². The third-order valence-corrected chi connectivity index (χ3v) is 11.8. The van der Waals surface area contributed by atoms with Gasteiger partial charge in [0.25, 0.3) is 0 Å². The van der Waals surface area contributed by atoms with E-state index >= 15 is 35.1 Å². The molecule has 0 saturated carbocycles. The zero-order chi connectivity index (χ0) is 48.9. The van der Waals surface area contributed by atoms with Crippen LogP contribution in [0.2, 0.25) is 0 Å². The second kappa shape index (κ2) is 18.1. The van der Waals surface area contributed by atoms with Gasteiger partial charge < -0.3 is 0 Å². The van der Waals surface area contributed by atoms with Crippen molar-refractivity contribution in [1.29, 1.82) is 5.26 Å². The van der Waals surface area contributed by atoms with Gasteiger partial charge in [0, 0.05) is 5.56 Å². The highest BCUT2D eigenvalue weighted by atomic mass is 32.2. The monoisotopic (exact) mass is 963 g/mol. The molecule has 0 N–H and O–H groups in total. The molecule has 0 aliphatic heterocycles. The maximum Gasteiger partial charge on any atom is 0.212 e. The first-order valence-electron chi connectivity index (χ1n) is 17.0. The first kappa shape index (κ1) is 49.3. The third kappa shape index (κ3) is 7.97. The smallest absolute Gasteiger partial charge is 0.212 e. The summed E-state index contributed by atoms with van der Waals surface area (Å²) in [7, 11) is -2.44. The van der Waals surface area contributed by atoms with E-state index in [1.165, 1.54) is 0 Å². The Kier molecular flexibility index (Phi) is 13.7. The summed E-state index contributed by atoms with van der Waals surface area (Å²) in [5.41, 5.74) is -13.3. The summed E-state index contributed by atoms with van der Waals surface area (Å²) in [5, 5.41) is 8.75. The number of nitriles is 1. The Morgan fingerprint density at radius 1 is 0.431 bits per heavy atom. The van der Waals surface area contributed by atoms with Crippen molar-refractivity contribution in [3.63, 3.8) is 0 Å². The fourth-order valence-corrected chi connectivity index (χ4v) is 8.28. The van der Waals surface area contributed by atoms with Gasteiger partial charge in [-0.3, -0.25) is 4.79 Å². The molecule has 0 radical (unpaired) electrons. The van der Waals surface area contributed by atoms with Gasteiger partial charge in [0.2, 0.25) is 5.78 Å². The molecule has 0 amide bonds. The molecule has 0 fully saturated rings. The minimum absolute atomic E-state index is 0.0249. The van der Waals surface area contributed by atoms with Crippen LogP contribution in [0.4, 0.5) is 87.8 Å². The average Bonchev–Trinajstić information content (AvgIpc) is 3.29. The van der Waals surface area contributed by atoms with Gasteiger partial charge in [-0.25, -0.2) is 87.8 Å². The van der Waals surface area contributed by atoms with Crippen LogP contribution < -0.4 is 21.9 Å². The molecule has 0 aromatic heterocycles. The highest BCUT2D eigenvalue weighted by Gasteiger charge is 2.52. The number of ketones is 1. The normalized spacial score (nSPS) is 12.4. The molecule has 6 rings (SSSR count). The van der Waals surface area contributed by atoms with Crippen molar-refractivity contribution in [3.05, 3.63) is 182 Å². The predicted molar refractivity (Wildman–Crippen MR) is 188 cm³/mol. The van der Waals surface area contributed by atoms with Gasteiger partial charge in [0.05, 0.1) is 11.6 Å². The zero-order valence-electron chi connectivity index (χ0n) is 31.2. The van der Waals surface area contributed by atoms with E-state index in [4.69, 9.17) is 5.26 Å². The molecule has 3 nitrogen and oxygen atoms in total. The maximum atomic E-state index is 15.4. The van der Waals surface area contributed by atoms with Crippen LogP contribution in [0.25, 0.3) is 0 Å². The van der Waals surface area contributed by atoms with Crippen molar-refractivity contribution in [1.82, 2.24) is 0 Å². The Labute approximate surface area is 350 Å². The molecule has 25 heteroatoms. The second-order valence-electron chi connectivity index (χ2n) is 13.4. The quantitative estimate of drug-likeness (QED) is 0.0383. The van der Waals surface area contributed by atoms with Gasteiger partial charge in [0.1, 0.15) is 68.9 Å². The summed E-state index contributed by atoms with van der Waals surface area (Å²) in [6.07, 6.45) is -5.64. The number of benzene rings is 6. The number of halogens is 20. The molecular formula is C40H14BF20NO2S. The minimum atomic E-state index is -7.22. The van der Waals surface area contributed by atoms with Crippen LogP contribution >= 0.6 is 0 Å². The van der Waals surface area contributed by atoms with E-state index in [1.54, 1.807) is 54.8 Å². The number of nitrogens with zero attached hydrogens (tertiary/aromatic N) is 1. The second-order valence-corrected chi connectivity index (χ2v) is 16.1. The average molecular weight is 963 g/mol. The van der Waals surface area contributed by atoms with E-state index in [-0.39, 0.29) is 11.5 Å². The molecule has 6 aromatic rings. The predicted octanol–water partition coefficient (Wildman–Crippen LogP) is 8.78. The van der Waals surface area contributed by atoms with Crippen molar-refractivity contribution in [2.45, 2.75) is 4.90 Å². The summed E-state index contributed by atoms with van der Waals surface area (Å²) in [4.78, 5) is 12.7. The van der Waals surface area contributed by atoms with Gasteiger partial charge in [-0.15, -0.1) is 21.9 Å². The molecule has 0 aliphatic carbocycles. The maximum absolute atomic E-state index is 15.4. The zero-order valence-corrected chi connectivity index (χ0v) is 32.0. The number of rotatable bonds is 8. The summed E-state index contributed by atoms with van der Waals surface area (Å²) in [5.74, 6) is -71.6. The summed E-state index contributed by atoms with van der Waals surface area (Å²) >= 11 is 0. The first-order valence-corrected chi connectivity index (χ1v) is 19.2. The van der Waals surface area contributed by atoms with Crippen LogP contribution in [0.5, 0.6) is 0 Å². The highest BCUT2D eigenvalue weighted by Crippen LogP contribution is 2.31. The molecule has 1 atom stereocenters. The molecule has 1 unspecified atom stereocenters. The van der Waals surface area contributed by atoms with Crippen molar-refractivity contribution in [3.8, 4) is 6.07 Å². The number of carbonyl (C=O) groups excluding carboxylic acids is 1. The molecule has 0 heterocycles. The molecule has 0 aliphatic rings. The van der Waals surface area contributed by atoms with Crippen LogP contribution in [0.1, 0.15) is 15.9 Å². The highest BCUT2D eigenvalue weighted by molar-refractivity contribution is 8.03. The standard InChI is InChI=1S/C24BF20.C16H14NO2S/c26-5-1(6(27)14(35)21(42)13(5)34)25(2-7(28)15(36)22(43)16(37)8(2)29,3-9(30)17(38)23(44)18(39)10(3)31)4-11(32)19(40)24(45)20(41)12(4)33;1-20(19,15-9-7-13(11-17)8-10-15)12-16(18)14-5-3-2-4-6-14/h;2-10H,12H2,1H3/q-1;+1. The van der Waals surface area contributed by atoms with Gasteiger partial charge in [-0.1, -0.05) is 34.5 Å². The van der Waals surface area contributed by atoms with Crippen LogP contribution in [0, 0.1) is 128 Å². The fraction of sp³-hybridized carbons (Fsp3) is 0.0500. The molecule has 0 spiro atoms. The molecule has 340 valence electrons. The summed E-state index contributed by atoms with van der Waals surface area (Å²) in [6.45, 7) is 0.